The van der Waals surface area contributed by atoms with Crippen LogP contribution >= 0.6 is 0 Å². The largest absolute Gasteiger partial charge is 0.506 e. The highest BCUT2D eigenvalue weighted by molar-refractivity contribution is 5.90. The first-order chi connectivity index (χ1) is 10.7. The summed E-state index contributed by atoms with van der Waals surface area (Å²) in [6.45, 7) is 2.53. The molecule has 0 radical (unpaired) electrons. The summed E-state index contributed by atoms with van der Waals surface area (Å²) in [5.74, 6) is 1.39. The predicted octanol–water partition coefficient (Wildman–Crippen LogP) is 2.95. The molecule has 2 aromatic rings. The minimum absolute atomic E-state index is 0.00470. The first kappa shape index (κ1) is 15.5. The van der Waals surface area contributed by atoms with Crippen LogP contribution in [0.5, 0.6) is 17.2 Å². The number of phenolic OH excluding ortho intramolecular Hbond substituents is 1. The van der Waals surface area contributed by atoms with Crippen LogP contribution in [-0.2, 0) is 0 Å². The van der Waals surface area contributed by atoms with Crippen LogP contribution in [-0.4, -0.2) is 24.5 Å². The van der Waals surface area contributed by atoms with Gasteiger partial charge in [0.25, 0.3) is 0 Å². The second kappa shape index (κ2) is 7.78. The zero-order valence-corrected chi connectivity index (χ0v) is 12.2. The molecule has 116 valence electrons. The molecule has 2 aromatic carbocycles. The van der Waals surface area contributed by atoms with E-state index in [4.69, 9.17) is 9.47 Å². The van der Waals surface area contributed by atoms with Crippen molar-refractivity contribution in [1.29, 1.82) is 0 Å². The first-order valence-corrected chi connectivity index (χ1v) is 6.87. The Morgan fingerprint density at radius 2 is 1.68 bits per heavy atom. The number of carbonyl (C=O) groups is 1. The number of ether oxygens (including phenoxy) is 2. The average molecular weight is 302 g/mol. The van der Waals surface area contributed by atoms with Gasteiger partial charge in [-0.15, -0.1) is 0 Å². The molecule has 0 saturated carbocycles. The van der Waals surface area contributed by atoms with Crippen molar-refractivity contribution in [2.24, 2.45) is 0 Å². The summed E-state index contributed by atoms with van der Waals surface area (Å²) < 4.78 is 10.7. The van der Waals surface area contributed by atoms with E-state index in [0.717, 1.165) is 5.75 Å². The van der Waals surface area contributed by atoms with Crippen LogP contribution < -0.4 is 20.1 Å². The molecule has 2 amide bonds. The molecule has 0 aliphatic heterocycles. The summed E-state index contributed by atoms with van der Waals surface area (Å²) >= 11 is 0. The van der Waals surface area contributed by atoms with E-state index in [0.29, 0.717) is 18.0 Å². The quantitative estimate of drug-likeness (QED) is 0.566. The maximum absolute atomic E-state index is 11.7. The third kappa shape index (κ3) is 4.59. The van der Waals surface area contributed by atoms with E-state index >= 15 is 0 Å². The molecular formula is C16H18N2O4. The first-order valence-electron chi connectivity index (χ1n) is 6.87. The van der Waals surface area contributed by atoms with Crippen LogP contribution in [0.1, 0.15) is 6.92 Å². The smallest absolute Gasteiger partial charge is 0.321 e. The topological polar surface area (TPSA) is 79.8 Å². The maximum Gasteiger partial charge on any atom is 0.321 e. The molecule has 6 heteroatoms. The predicted molar refractivity (Wildman–Crippen MR) is 83.4 cm³/mol. The number of rotatable bonds is 6. The monoisotopic (exact) mass is 302 g/mol. The van der Waals surface area contributed by atoms with Crippen LogP contribution in [0.4, 0.5) is 10.5 Å². The van der Waals surface area contributed by atoms with Gasteiger partial charge in [-0.25, -0.2) is 4.79 Å². The third-order valence-corrected chi connectivity index (χ3v) is 2.76. The number of urea groups is 1. The summed E-state index contributed by atoms with van der Waals surface area (Å²) in [7, 11) is 0. The molecule has 22 heavy (non-hydrogen) atoms. The molecule has 0 bridgehead atoms. The fourth-order valence-electron chi connectivity index (χ4n) is 1.73. The Kier molecular flexibility index (Phi) is 5.48. The Morgan fingerprint density at radius 1 is 1.05 bits per heavy atom. The Labute approximate surface area is 128 Å². The van der Waals surface area contributed by atoms with Gasteiger partial charge in [-0.1, -0.05) is 12.1 Å². The van der Waals surface area contributed by atoms with Crippen LogP contribution in [0.2, 0.25) is 0 Å². The average Bonchev–Trinajstić information content (AvgIpc) is 2.52. The Hall–Kier alpha value is -2.89. The van der Waals surface area contributed by atoms with Gasteiger partial charge in [-0.3, -0.25) is 0 Å². The second-order valence-corrected chi connectivity index (χ2v) is 4.34. The normalized spacial score (nSPS) is 9.86. The number of aromatic hydroxyl groups is 1. The van der Waals surface area contributed by atoms with Crippen molar-refractivity contribution < 1.29 is 19.4 Å². The van der Waals surface area contributed by atoms with Gasteiger partial charge in [0.1, 0.15) is 17.2 Å². The summed E-state index contributed by atoms with van der Waals surface area (Å²) in [5, 5.41) is 14.6. The number of para-hydroxylation sites is 2. The third-order valence-electron chi connectivity index (χ3n) is 2.76. The number of amides is 2. The van der Waals surface area contributed by atoms with Gasteiger partial charge in [-0.05, 0) is 43.3 Å². The SMILES string of the molecule is CCOc1ccc(OCNC(=O)Nc2ccccc2O)cc1. The van der Waals surface area contributed by atoms with E-state index in [1.165, 1.54) is 6.07 Å². The molecule has 0 fully saturated rings. The van der Waals surface area contributed by atoms with Crippen molar-refractivity contribution in [3.63, 3.8) is 0 Å². The number of hydrogen-bond acceptors (Lipinski definition) is 4. The van der Waals surface area contributed by atoms with Crippen molar-refractivity contribution in [3.8, 4) is 17.2 Å². The van der Waals surface area contributed by atoms with E-state index < -0.39 is 6.03 Å². The lowest BCUT2D eigenvalue weighted by atomic mass is 10.3. The summed E-state index contributed by atoms with van der Waals surface area (Å²) in [6, 6.07) is 13.1. The molecule has 0 atom stereocenters. The molecule has 0 unspecified atom stereocenters. The van der Waals surface area contributed by atoms with Crippen LogP contribution in [0.15, 0.2) is 48.5 Å². The molecule has 0 aromatic heterocycles. The number of carbonyl (C=O) groups excluding carboxylic acids is 1. The van der Waals surface area contributed by atoms with E-state index in [-0.39, 0.29) is 12.5 Å². The van der Waals surface area contributed by atoms with Gasteiger partial charge in [0.05, 0.1) is 12.3 Å². The number of nitrogens with one attached hydrogen (secondary N) is 2. The van der Waals surface area contributed by atoms with Crippen molar-refractivity contribution in [1.82, 2.24) is 5.32 Å². The highest BCUT2D eigenvalue weighted by Gasteiger charge is 2.04. The van der Waals surface area contributed by atoms with E-state index in [1.54, 1.807) is 42.5 Å². The zero-order valence-electron chi connectivity index (χ0n) is 12.2. The summed E-state index contributed by atoms with van der Waals surface area (Å²) in [5.41, 5.74) is 0.334. The van der Waals surface area contributed by atoms with Crippen molar-refractivity contribution in [3.05, 3.63) is 48.5 Å². The van der Waals surface area contributed by atoms with E-state index in [9.17, 15) is 9.90 Å². The standard InChI is InChI=1S/C16H18N2O4/c1-2-21-12-7-9-13(10-8-12)22-11-17-16(20)18-14-5-3-4-6-15(14)19/h3-10,19H,2,11H2,1H3,(H2,17,18,20). The van der Waals surface area contributed by atoms with Crippen LogP contribution in [0, 0.1) is 0 Å². The molecule has 0 heterocycles. The molecule has 6 nitrogen and oxygen atoms in total. The molecule has 0 aliphatic carbocycles. The van der Waals surface area contributed by atoms with Gasteiger partial charge in [0.2, 0.25) is 0 Å². The maximum atomic E-state index is 11.7. The lowest BCUT2D eigenvalue weighted by Crippen LogP contribution is -2.32. The minimum atomic E-state index is -0.465. The number of hydrogen-bond donors (Lipinski definition) is 3. The van der Waals surface area contributed by atoms with Crippen LogP contribution in [0.3, 0.4) is 0 Å². The van der Waals surface area contributed by atoms with Crippen LogP contribution in [0.25, 0.3) is 0 Å². The fourth-order valence-corrected chi connectivity index (χ4v) is 1.73. The molecule has 0 spiro atoms. The highest BCUT2D eigenvalue weighted by Crippen LogP contribution is 2.21. The van der Waals surface area contributed by atoms with Gasteiger partial charge in [-0.2, -0.15) is 0 Å². The minimum Gasteiger partial charge on any atom is -0.506 e. The van der Waals surface area contributed by atoms with Crippen molar-refractivity contribution >= 4 is 11.7 Å². The number of anilines is 1. The molecular weight excluding hydrogens is 284 g/mol. The molecule has 2 rings (SSSR count). The van der Waals surface area contributed by atoms with Crippen molar-refractivity contribution in [2.75, 3.05) is 18.7 Å². The lowest BCUT2D eigenvalue weighted by Gasteiger charge is -2.10. The van der Waals surface area contributed by atoms with E-state index in [2.05, 4.69) is 10.6 Å². The van der Waals surface area contributed by atoms with Gasteiger partial charge < -0.3 is 25.2 Å². The van der Waals surface area contributed by atoms with E-state index in [1.807, 2.05) is 6.92 Å². The summed E-state index contributed by atoms with van der Waals surface area (Å²) in [4.78, 5) is 11.7. The zero-order chi connectivity index (χ0) is 15.8. The van der Waals surface area contributed by atoms with Gasteiger partial charge in [0.15, 0.2) is 6.73 Å². The Morgan fingerprint density at radius 3 is 2.32 bits per heavy atom. The highest BCUT2D eigenvalue weighted by atomic mass is 16.5. The summed E-state index contributed by atoms with van der Waals surface area (Å²) in [6.07, 6.45) is 0. The van der Waals surface area contributed by atoms with Crippen molar-refractivity contribution in [2.45, 2.75) is 6.92 Å². The molecule has 0 aliphatic rings. The number of benzene rings is 2. The molecule has 0 saturated heterocycles. The van der Waals surface area contributed by atoms with Gasteiger partial charge in [0, 0.05) is 0 Å². The lowest BCUT2D eigenvalue weighted by molar-refractivity contribution is 0.234. The Balaban J connectivity index is 1.76. The second-order valence-electron chi connectivity index (χ2n) is 4.34. The molecule has 3 N–H and O–H groups in total. The van der Waals surface area contributed by atoms with Gasteiger partial charge >= 0.3 is 6.03 Å². The number of phenols is 1. The fraction of sp³-hybridized carbons (Fsp3) is 0.188. The Bertz CT molecular complexity index is 614.